The number of rotatable bonds is 11. The normalized spacial score (nSPS) is 11.0. The molecule has 1 heterocycles. The number of carbonyl (C=O) groups excluding carboxylic acids is 1. The predicted molar refractivity (Wildman–Crippen MR) is 121 cm³/mol. The molecule has 152 valence electrons. The maximum atomic E-state index is 11.5. The summed E-state index contributed by atoms with van der Waals surface area (Å²) >= 11 is 0. The van der Waals surface area contributed by atoms with Crippen LogP contribution in [0, 0.1) is 6.92 Å². The number of aromatic nitrogens is 2. The first-order valence-corrected chi connectivity index (χ1v) is 10.8. The number of unbranched alkanes of at least 4 members (excludes halogenated alkanes) is 3. The molecule has 0 bridgehead atoms. The number of fused-ring (bicyclic) bond motifs is 1. The first kappa shape index (κ1) is 21.0. The molecule has 0 aliphatic carbocycles. The molecular formula is C25H31N3O. The summed E-state index contributed by atoms with van der Waals surface area (Å²) < 4.78 is 0. The van der Waals surface area contributed by atoms with Gasteiger partial charge in [-0.1, -0.05) is 44.0 Å². The molecule has 0 fully saturated rings. The highest BCUT2D eigenvalue weighted by Crippen LogP contribution is 2.24. The second-order valence-corrected chi connectivity index (χ2v) is 7.66. The molecule has 0 atom stereocenters. The van der Waals surface area contributed by atoms with Gasteiger partial charge in [0.05, 0.1) is 5.52 Å². The number of aryl methyl sites for hydroxylation is 2. The lowest BCUT2D eigenvalue weighted by atomic mass is 10.0. The smallest absolute Gasteiger partial charge is 0.142 e. The summed E-state index contributed by atoms with van der Waals surface area (Å²) in [6.45, 7) is 3.98. The number of hydrogen-bond acceptors (Lipinski definition) is 4. The van der Waals surface area contributed by atoms with Crippen LogP contribution in [0.3, 0.4) is 0 Å². The first-order valence-electron chi connectivity index (χ1n) is 10.8. The summed E-state index contributed by atoms with van der Waals surface area (Å²) in [6.07, 6.45) is 8.09. The van der Waals surface area contributed by atoms with E-state index in [4.69, 9.17) is 0 Å². The highest BCUT2D eigenvalue weighted by atomic mass is 16.1. The highest BCUT2D eigenvalue weighted by molar-refractivity contribution is 5.90. The number of Topliss-reactive ketones (excluding diaryl/α,β-unsaturated/α-hetero) is 1. The van der Waals surface area contributed by atoms with Crippen molar-refractivity contribution in [1.29, 1.82) is 0 Å². The second kappa shape index (κ2) is 10.7. The molecule has 1 aromatic heterocycles. The molecule has 0 spiro atoms. The van der Waals surface area contributed by atoms with E-state index < -0.39 is 0 Å². The number of carbonyl (C=O) groups is 1. The molecule has 0 saturated heterocycles. The summed E-state index contributed by atoms with van der Waals surface area (Å²) in [4.78, 5) is 20.6. The molecular weight excluding hydrogens is 358 g/mol. The maximum Gasteiger partial charge on any atom is 0.142 e. The van der Waals surface area contributed by atoms with Crippen LogP contribution in [-0.2, 0) is 11.2 Å². The van der Waals surface area contributed by atoms with Gasteiger partial charge in [0.1, 0.15) is 17.4 Å². The Morgan fingerprint density at radius 3 is 2.45 bits per heavy atom. The predicted octanol–water partition coefficient (Wildman–Crippen LogP) is 6.54. The Kier molecular flexibility index (Phi) is 7.74. The molecule has 29 heavy (non-hydrogen) atoms. The number of hydrogen-bond donors (Lipinski definition) is 1. The van der Waals surface area contributed by atoms with Crippen LogP contribution in [0.15, 0.2) is 48.5 Å². The van der Waals surface area contributed by atoms with Crippen molar-refractivity contribution >= 4 is 28.2 Å². The molecule has 3 rings (SSSR count). The zero-order chi connectivity index (χ0) is 20.5. The van der Waals surface area contributed by atoms with Crippen molar-refractivity contribution in [2.75, 3.05) is 5.32 Å². The van der Waals surface area contributed by atoms with Gasteiger partial charge in [0, 0.05) is 23.9 Å². The Hall–Kier alpha value is -2.75. The quantitative estimate of drug-likeness (QED) is 0.378. The van der Waals surface area contributed by atoms with E-state index in [1.165, 1.54) is 18.4 Å². The average Bonchev–Trinajstić information content (AvgIpc) is 2.72. The third-order valence-electron chi connectivity index (χ3n) is 5.13. The molecule has 2 aromatic carbocycles. The minimum Gasteiger partial charge on any atom is -0.340 e. The topological polar surface area (TPSA) is 54.9 Å². The van der Waals surface area contributed by atoms with Crippen molar-refractivity contribution in [2.45, 2.75) is 65.2 Å². The van der Waals surface area contributed by atoms with Crippen LogP contribution >= 0.6 is 0 Å². The van der Waals surface area contributed by atoms with Gasteiger partial charge < -0.3 is 5.32 Å². The number of anilines is 2. The third-order valence-corrected chi connectivity index (χ3v) is 5.13. The van der Waals surface area contributed by atoms with E-state index in [0.29, 0.717) is 5.78 Å². The van der Waals surface area contributed by atoms with Gasteiger partial charge in [0.15, 0.2) is 0 Å². The van der Waals surface area contributed by atoms with Crippen molar-refractivity contribution < 1.29 is 4.79 Å². The molecule has 4 heteroatoms. The van der Waals surface area contributed by atoms with Crippen LogP contribution in [0.2, 0.25) is 0 Å². The van der Waals surface area contributed by atoms with E-state index in [-0.39, 0.29) is 0 Å². The number of benzene rings is 2. The molecule has 0 saturated carbocycles. The van der Waals surface area contributed by atoms with E-state index in [0.717, 1.165) is 66.8 Å². The zero-order valence-corrected chi connectivity index (χ0v) is 17.6. The van der Waals surface area contributed by atoms with Crippen LogP contribution in [0.4, 0.5) is 11.5 Å². The fraction of sp³-hybridized carbons (Fsp3) is 0.400. The van der Waals surface area contributed by atoms with Gasteiger partial charge in [0.2, 0.25) is 0 Å². The molecule has 0 amide bonds. The number of nitrogens with zero attached hydrogens (tertiary/aromatic N) is 2. The van der Waals surface area contributed by atoms with E-state index in [1.54, 1.807) is 0 Å². The van der Waals surface area contributed by atoms with Crippen molar-refractivity contribution in [3.05, 3.63) is 59.9 Å². The lowest BCUT2D eigenvalue weighted by Gasteiger charge is -2.10. The number of ketones is 1. The Labute approximate surface area is 173 Å². The van der Waals surface area contributed by atoms with Crippen molar-refractivity contribution in [1.82, 2.24) is 9.97 Å². The molecule has 0 radical (unpaired) electrons. The van der Waals surface area contributed by atoms with E-state index in [9.17, 15) is 4.79 Å². The van der Waals surface area contributed by atoms with Gasteiger partial charge in [-0.3, -0.25) is 4.79 Å². The van der Waals surface area contributed by atoms with Crippen LogP contribution in [-0.4, -0.2) is 15.8 Å². The van der Waals surface area contributed by atoms with Crippen LogP contribution in [0.1, 0.15) is 63.3 Å². The summed E-state index contributed by atoms with van der Waals surface area (Å²) in [5.74, 6) is 2.03. The van der Waals surface area contributed by atoms with E-state index >= 15 is 0 Å². The molecule has 4 nitrogen and oxygen atoms in total. The van der Waals surface area contributed by atoms with Crippen LogP contribution in [0.25, 0.3) is 10.9 Å². The van der Waals surface area contributed by atoms with Gasteiger partial charge in [-0.25, -0.2) is 9.97 Å². The van der Waals surface area contributed by atoms with Gasteiger partial charge in [-0.05, 0) is 62.4 Å². The summed E-state index contributed by atoms with van der Waals surface area (Å²) in [5.41, 5.74) is 3.34. The van der Waals surface area contributed by atoms with Gasteiger partial charge in [-0.15, -0.1) is 0 Å². The number of nitrogens with one attached hydrogen (secondary N) is 1. The van der Waals surface area contributed by atoms with Crippen molar-refractivity contribution in [3.63, 3.8) is 0 Å². The zero-order valence-electron chi connectivity index (χ0n) is 17.6. The molecule has 0 aliphatic rings. The SMILES string of the molecule is CCCC(=O)CCCCCCc1ccc(Nc2nc(C)nc3ccccc23)cc1. The fourth-order valence-electron chi connectivity index (χ4n) is 3.59. The lowest BCUT2D eigenvalue weighted by Crippen LogP contribution is -1.99. The van der Waals surface area contributed by atoms with Gasteiger partial charge in [-0.2, -0.15) is 0 Å². The van der Waals surface area contributed by atoms with Crippen molar-refractivity contribution in [2.24, 2.45) is 0 Å². The Morgan fingerprint density at radius 2 is 1.66 bits per heavy atom. The summed E-state index contributed by atoms with van der Waals surface area (Å²) in [5, 5.41) is 4.46. The third kappa shape index (κ3) is 6.38. The minimum absolute atomic E-state index is 0.419. The Balaban J connectivity index is 1.48. The fourth-order valence-corrected chi connectivity index (χ4v) is 3.59. The van der Waals surface area contributed by atoms with Gasteiger partial charge in [0.25, 0.3) is 0 Å². The monoisotopic (exact) mass is 389 g/mol. The number of para-hydroxylation sites is 1. The maximum absolute atomic E-state index is 11.5. The molecule has 3 aromatic rings. The first-order chi connectivity index (χ1) is 14.2. The van der Waals surface area contributed by atoms with E-state index in [1.807, 2.05) is 31.2 Å². The van der Waals surface area contributed by atoms with Gasteiger partial charge >= 0.3 is 0 Å². The van der Waals surface area contributed by atoms with Crippen LogP contribution < -0.4 is 5.32 Å². The molecule has 0 aliphatic heterocycles. The summed E-state index contributed by atoms with van der Waals surface area (Å²) in [7, 11) is 0. The Bertz CT molecular complexity index is 934. The second-order valence-electron chi connectivity index (χ2n) is 7.66. The Morgan fingerprint density at radius 1 is 0.897 bits per heavy atom. The standard InChI is InChI=1S/C25H31N3O/c1-3-10-22(29)12-7-5-4-6-11-20-15-17-21(18-16-20)28-25-23-13-8-9-14-24(23)26-19(2)27-25/h8-9,13-18H,3-7,10-12H2,1-2H3,(H,26,27,28). The average molecular weight is 390 g/mol. The largest absolute Gasteiger partial charge is 0.340 e. The highest BCUT2D eigenvalue weighted by Gasteiger charge is 2.06. The minimum atomic E-state index is 0.419. The lowest BCUT2D eigenvalue weighted by molar-refractivity contribution is -0.119. The molecule has 1 N–H and O–H groups in total. The summed E-state index contributed by atoms with van der Waals surface area (Å²) in [6, 6.07) is 16.7. The van der Waals surface area contributed by atoms with Crippen molar-refractivity contribution in [3.8, 4) is 0 Å². The molecule has 0 unspecified atom stereocenters. The van der Waals surface area contributed by atoms with Crippen LogP contribution in [0.5, 0.6) is 0 Å². The van der Waals surface area contributed by atoms with E-state index in [2.05, 4.69) is 46.5 Å².